The summed E-state index contributed by atoms with van der Waals surface area (Å²) in [4.78, 5) is 11.6. The van der Waals surface area contributed by atoms with Crippen LogP contribution in [-0.4, -0.2) is 17.2 Å². The number of halogens is 1. The normalized spacial score (nSPS) is 17.6. The maximum absolute atomic E-state index is 11.6. The first kappa shape index (κ1) is 13.9. The van der Waals surface area contributed by atoms with E-state index >= 15 is 0 Å². The molecule has 21 heavy (non-hydrogen) atoms. The van der Waals surface area contributed by atoms with Crippen molar-refractivity contribution in [2.45, 2.75) is 12.5 Å². The lowest BCUT2D eigenvalue weighted by molar-refractivity contribution is -0.125. The number of hydrogen-bond donors (Lipinski definition) is 2. The summed E-state index contributed by atoms with van der Waals surface area (Å²) in [5.74, 6) is 0.747. The average molecular weight is 305 g/mol. The molecule has 0 saturated carbocycles. The lowest BCUT2D eigenvalue weighted by Crippen LogP contribution is -2.47. The predicted octanol–water partition coefficient (Wildman–Crippen LogP) is 2.74. The van der Waals surface area contributed by atoms with Crippen LogP contribution in [0.4, 0.5) is 5.69 Å². The van der Waals surface area contributed by atoms with E-state index in [1.54, 1.807) is 42.5 Å². The van der Waals surface area contributed by atoms with Crippen LogP contribution in [0.1, 0.15) is 5.56 Å². The Morgan fingerprint density at radius 3 is 2.57 bits per heavy atom. The summed E-state index contributed by atoms with van der Waals surface area (Å²) in [5.41, 5.74) is 6.89. The van der Waals surface area contributed by atoms with Crippen LogP contribution in [0.5, 0.6) is 11.5 Å². The van der Waals surface area contributed by atoms with Crippen molar-refractivity contribution >= 4 is 23.2 Å². The summed E-state index contributed by atoms with van der Waals surface area (Å²) in [6.07, 6.45) is 0.364. The first-order chi connectivity index (χ1) is 10.0. The van der Waals surface area contributed by atoms with Crippen LogP contribution in [0.15, 0.2) is 42.5 Å². The first-order valence-electron chi connectivity index (χ1n) is 6.39. The van der Waals surface area contributed by atoms with Gasteiger partial charge in [0.2, 0.25) is 0 Å². The van der Waals surface area contributed by atoms with Crippen molar-refractivity contribution in [1.82, 2.24) is 0 Å². The number of carbonyl (C=O) groups excluding carboxylic acids is 1. The summed E-state index contributed by atoms with van der Waals surface area (Å²) >= 11 is 5.82. The zero-order valence-corrected chi connectivity index (χ0v) is 11.7. The highest BCUT2D eigenvalue weighted by atomic mass is 35.5. The highest BCUT2D eigenvalue weighted by Gasteiger charge is 2.29. The average Bonchev–Trinajstić information content (AvgIpc) is 2.47. The van der Waals surface area contributed by atoms with E-state index in [2.05, 4.69) is 0 Å². The van der Waals surface area contributed by atoms with Gasteiger partial charge in [-0.1, -0.05) is 11.6 Å². The van der Waals surface area contributed by atoms with E-state index in [0.29, 0.717) is 33.7 Å². The molecule has 1 amide bonds. The largest absolute Gasteiger partial charge is 0.457 e. The van der Waals surface area contributed by atoms with Gasteiger partial charge in [-0.3, -0.25) is 10.0 Å². The number of anilines is 1. The molecular formula is C15H13ClN2O3. The molecule has 6 heteroatoms. The molecule has 0 saturated heterocycles. The van der Waals surface area contributed by atoms with Crippen LogP contribution < -0.4 is 15.5 Å². The van der Waals surface area contributed by atoms with Crippen LogP contribution in [0.3, 0.4) is 0 Å². The molecule has 1 aliphatic rings. The van der Waals surface area contributed by atoms with Crippen molar-refractivity contribution < 1.29 is 14.7 Å². The number of carbonyl (C=O) groups is 1. The number of ether oxygens (including phenoxy) is 1. The number of amides is 1. The van der Waals surface area contributed by atoms with Crippen LogP contribution in [0.25, 0.3) is 0 Å². The Morgan fingerprint density at radius 1 is 1.19 bits per heavy atom. The molecule has 0 fully saturated rings. The fourth-order valence-electron chi connectivity index (χ4n) is 2.23. The molecule has 0 spiro atoms. The number of nitrogens with zero attached hydrogens (tertiary/aromatic N) is 1. The molecule has 3 rings (SSSR count). The Balaban J connectivity index is 1.88. The van der Waals surface area contributed by atoms with E-state index in [4.69, 9.17) is 22.1 Å². The number of benzene rings is 2. The Kier molecular flexibility index (Phi) is 3.55. The summed E-state index contributed by atoms with van der Waals surface area (Å²) in [6.45, 7) is 0. The number of hydroxylamine groups is 1. The quantitative estimate of drug-likeness (QED) is 0.837. The third-order valence-electron chi connectivity index (χ3n) is 3.29. The van der Waals surface area contributed by atoms with Crippen molar-refractivity contribution in [1.29, 1.82) is 0 Å². The summed E-state index contributed by atoms with van der Waals surface area (Å²) in [7, 11) is 0. The minimum absolute atomic E-state index is 0.364. The monoisotopic (exact) mass is 304 g/mol. The van der Waals surface area contributed by atoms with Gasteiger partial charge in [0, 0.05) is 5.02 Å². The molecule has 5 nitrogen and oxygen atoms in total. The van der Waals surface area contributed by atoms with Gasteiger partial charge in [-0.25, -0.2) is 0 Å². The van der Waals surface area contributed by atoms with Crippen molar-refractivity contribution in [3.63, 3.8) is 0 Å². The predicted molar refractivity (Wildman–Crippen MR) is 78.9 cm³/mol. The van der Waals surface area contributed by atoms with Gasteiger partial charge in [0.25, 0.3) is 5.91 Å². The second kappa shape index (κ2) is 5.37. The van der Waals surface area contributed by atoms with Gasteiger partial charge < -0.3 is 10.5 Å². The molecule has 108 valence electrons. The summed E-state index contributed by atoms with van der Waals surface area (Å²) in [5, 5.41) is 11.0. The molecule has 0 radical (unpaired) electrons. The minimum atomic E-state index is -0.742. The van der Waals surface area contributed by atoms with Crippen molar-refractivity contribution in [2.75, 3.05) is 5.06 Å². The van der Waals surface area contributed by atoms with E-state index in [1.807, 2.05) is 0 Å². The van der Waals surface area contributed by atoms with E-state index < -0.39 is 11.9 Å². The molecular weight excluding hydrogens is 292 g/mol. The Morgan fingerprint density at radius 2 is 1.86 bits per heavy atom. The maximum Gasteiger partial charge on any atom is 0.267 e. The van der Waals surface area contributed by atoms with Crippen LogP contribution in [0, 0.1) is 0 Å². The molecule has 1 aliphatic heterocycles. The third kappa shape index (κ3) is 2.71. The fraction of sp³-hybridized carbons (Fsp3) is 0.133. The Labute approximate surface area is 126 Å². The van der Waals surface area contributed by atoms with Gasteiger partial charge in [0.1, 0.15) is 11.5 Å². The van der Waals surface area contributed by atoms with Crippen molar-refractivity contribution in [3.05, 3.63) is 53.1 Å². The molecule has 0 aromatic heterocycles. The van der Waals surface area contributed by atoms with Gasteiger partial charge in [-0.05, 0) is 54.4 Å². The second-order valence-corrected chi connectivity index (χ2v) is 5.24. The molecule has 2 aromatic carbocycles. The van der Waals surface area contributed by atoms with Gasteiger partial charge in [0.05, 0.1) is 11.7 Å². The van der Waals surface area contributed by atoms with E-state index in [-0.39, 0.29) is 0 Å². The van der Waals surface area contributed by atoms with Gasteiger partial charge in [-0.2, -0.15) is 5.06 Å². The lowest BCUT2D eigenvalue weighted by atomic mass is 9.99. The van der Waals surface area contributed by atoms with E-state index in [0.717, 1.165) is 5.56 Å². The van der Waals surface area contributed by atoms with Crippen LogP contribution >= 0.6 is 11.6 Å². The molecule has 1 atom stereocenters. The molecule has 3 N–H and O–H groups in total. The zero-order valence-electron chi connectivity index (χ0n) is 11.0. The van der Waals surface area contributed by atoms with Gasteiger partial charge in [0.15, 0.2) is 0 Å². The van der Waals surface area contributed by atoms with Crippen molar-refractivity contribution in [3.8, 4) is 11.5 Å². The van der Waals surface area contributed by atoms with Crippen LogP contribution in [0.2, 0.25) is 5.02 Å². The van der Waals surface area contributed by atoms with E-state index in [9.17, 15) is 10.0 Å². The van der Waals surface area contributed by atoms with Gasteiger partial charge in [-0.15, -0.1) is 0 Å². The summed E-state index contributed by atoms with van der Waals surface area (Å²) in [6, 6.07) is 11.3. The topological polar surface area (TPSA) is 75.8 Å². The number of nitrogens with two attached hydrogens (primary N) is 1. The standard InChI is InChI=1S/C15H13ClN2O3/c16-10-1-3-11(4-2-10)21-12-5-6-14-9(7-12)8-13(17)15(19)18(14)20/h1-7,13,20H,8,17H2. The molecule has 0 aliphatic carbocycles. The first-order valence-corrected chi connectivity index (χ1v) is 6.77. The molecule has 1 unspecified atom stereocenters. The maximum atomic E-state index is 11.6. The number of fused-ring (bicyclic) bond motifs is 1. The fourth-order valence-corrected chi connectivity index (χ4v) is 2.36. The van der Waals surface area contributed by atoms with E-state index in [1.165, 1.54) is 0 Å². The SMILES string of the molecule is NC1Cc2cc(Oc3ccc(Cl)cc3)ccc2N(O)C1=O. The second-order valence-electron chi connectivity index (χ2n) is 4.81. The third-order valence-corrected chi connectivity index (χ3v) is 3.55. The highest BCUT2D eigenvalue weighted by molar-refractivity contribution is 6.30. The summed E-state index contributed by atoms with van der Waals surface area (Å²) < 4.78 is 5.71. The highest BCUT2D eigenvalue weighted by Crippen LogP contribution is 2.32. The molecule has 1 heterocycles. The van der Waals surface area contributed by atoms with Crippen LogP contribution in [-0.2, 0) is 11.2 Å². The minimum Gasteiger partial charge on any atom is -0.457 e. The lowest BCUT2D eigenvalue weighted by Gasteiger charge is -2.27. The Hall–Kier alpha value is -2.08. The van der Waals surface area contributed by atoms with Crippen molar-refractivity contribution in [2.24, 2.45) is 5.73 Å². The Bertz CT molecular complexity index is 688. The zero-order chi connectivity index (χ0) is 15.0. The smallest absolute Gasteiger partial charge is 0.267 e. The number of hydrogen-bond acceptors (Lipinski definition) is 4. The molecule has 2 aromatic rings. The van der Waals surface area contributed by atoms with Gasteiger partial charge >= 0.3 is 0 Å². The number of rotatable bonds is 2. The molecule has 0 bridgehead atoms.